The van der Waals surface area contributed by atoms with Crippen molar-refractivity contribution in [2.45, 2.75) is 6.29 Å². The Bertz CT molecular complexity index is 682. The second kappa shape index (κ2) is 6.21. The molecule has 0 aliphatic carbocycles. The highest BCUT2D eigenvalue weighted by atomic mass is 19.2. The molecule has 0 unspecified atom stereocenters. The number of ether oxygens (including phenoxy) is 2. The van der Waals surface area contributed by atoms with Crippen molar-refractivity contribution < 1.29 is 23.0 Å². The van der Waals surface area contributed by atoms with E-state index in [1.54, 1.807) is 24.3 Å². The third-order valence-corrected chi connectivity index (χ3v) is 3.24. The molecule has 2 aromatic carbocycles. The van der Waals surface area contributed by atoms with Gasteiger partial charge in [0.25, 0.3) is 5.91 Å². The number of rotatable bonds is 3. The van der Waals surface area contributed by atoms with Crippen molar-refractivity contribution in [1.82, 2.24) is 0 Å². The van der Waals surface area contributed by atoms with E-state index in [4.69, 9.17) is 9.47 Å². The number of carbonyl (C=O) groups is 1. The minimum Gasteiger partial charge on any atom is -0.346 e. The van der Waals surface area contributed by atoms with E-state index in [2.05, 4.69) is 5.32 Å². The fraction of sp³-hybridized carbons (Fsp3) is 0.188. The van der Waals surface area contributed by atoms with E-state index in [0.29, 0.717) is 18.9 Å². The standard InChI is InChI=1S/C16H13F2NO3/c17-13-6-3-11(9-14(13)18)15(20)19-12-4-1-10(2-5-12)16-21-7-8-22-16/h1-6,9,16H,7-8H2,(H,19,20). The number of hydrogen-bond donors (Lipinski definition) is 1. The molecule has 1 saturated heterocycles. The molecule has 0 spiro atoms. The average molecular weight is 305 g/mol. The third-order valence-electron chi connectivity index (χ3n) is 3.24. The Labute approximate surface area is 125 Å². The van der Waals surface area contributed by atoms with Gasteiger partial charge in [-0.1, -0.05) is 12.1 Å². The predicted octanol–water partition coefficient (Wildman–Crippen LogP) is 3.26. The van der Waals surface area contributed by atoms with Crippen LogP contribution in [0.5, 0.6) is 0 Å². The second-order valence-corrected chi connectivity index (χ2v) is 4.78. The summed E-state index contributed by atoms with van der Waals surface area (Å²) in [7, 11) is 0. The van der Waals surface area contributed by atoms with Crippen molar-refractivity contribution in [1.29, 1.82) is 0 Å². The van der Waals surface area contributed by atoms with Crippen LogP contribution in [0.3, 0.4) is 0 Å². The third kappa shape index (κ3) is 3.13. The summed E-state index contributed by atoms with van der Waals surface area (Å²) in [6, 6.07) is 9.94. The number of halogens is 2. The van der Waals surface area contributed by atoms with Crippen LogP contribution >= 0.6 is 0 Å². The van der Waals surface area contributed by atoms with Crippen molar-refractivity contribution >= 4 is 11.6 Å². The zero-order valence-corrected chi connectivity index (χ0v) is 11.5. The van der Waals surface area contributed by atoms with Gasteiger partial charge in [0.2, 0.25) is 0 Å². The average Bonchev–Trinajstić information content (AvgIpc) is 3.05. The summed E-state index contributed by atoms with van der Waals surface area (Å²) in [6.07, 6.45) is -0.379. The summed E-state index contributed by atoms with van der Waals surface area (Å²) < 4.78 is 36.7. The highest BCUT2D eigenvalue weighted by molar-refractivity contribution is 6.04. The number of anilines is 1. The summed E-state index contributed by atoms with van der Waals surface area (Å²) >= 11 is 0. The maximum absolute atomic E-state index is 13.1. The summed E-state index contributed by atoms with van der Waals surface area (Å²) in [6.45, 7) is 1.11. The summed E-state index contributed by atoms with van der Waals surface area (Å²) in [5.41, 5.74) is 1.44. The maximum atomic E-state index is 13.1. The first-order chi connectivity index (χ1) is 10.6. The Morgan fingerprint density at radius 2 is 1.68 bits per heavy atom. The molecule has 1 fully saturated rings. The van der Waals surface area contributed by atoms with Gasteiger partial charge in [-0.05, 0) is 30.3 Å². The molecule has 2 aromatic rings. The molecule has 0 saturated carbocycles. The fourth-order valence-electron chi connectivity index (χ4n) is 2.12. The minimum atomic E-state index is -1.06. The lowest BCUT2D eigenvalue weighted by atomic mass is 10.1. The topological polar surface area (TPSA) is 47.6 Å². The minimum absolute atomic E-state index is 0.0467. The molecule has 1 N–H and O–H groups in total. The highest BCUT2D eigenvalue weighted by Gasteiger charge is 2.18. The molecule has 22 heavy (non-hydrogen) atoms. The van der Waals surface area contributed by atoms with Crippen LogP contribution in [0.25, 0.3) is 0 Å². The molecular weight excluding hydrogens is 292 g/mol. The van der Waals surface area contributed by atoms with E-state index in [9.17, 15) is 13.6 Å². The van der Waals surface area contributed by atoms with Gasteiger partial charge >= 0.3 is 0 Å². The molecule has 4 nitrogen and oxygen atoms in total. The van der Waals surface area contributed by atoms with Gasteiger partial charge in [0.1, 0.15) is 0 Å². The Morgan fingerprint density at radius 3 is 2.32 bits per heavy atom. The van der Waals surface area contributed by atoms with Crippen LogP contribution in [-0.4, -0.2) is 19.1 Å². The van der Waals surface area contributed by atoms with Gasteiger partial charge in [-0.15, -0.1) is 0 Å². The van der Waals surface area contributed by atoms with Gasteiger partial charge < -0.3 is 14.8 Å². The van der Waals surface area contributed by atoms with Gasteiger partial charge in [-0.3, -0.25) is 4.79 Å². The van der Waals surface area contributed by atoms with E-state index in [0.717, 1.165) is 17.7 Å². The van der Waals surface area contributed by atoms with Crippen LogP contribution in [0.4, 0.5) is 14.5 Å². The molecule has 0 bridgehead atoms. The predicted molar refractivity (Wildman–Crippen MR) is 75.4 cm³/mol. The van der Waals surface area contributed by atoms with Crippen molar-refractivity contribution in [3.05, 3.63) is 65.2 Å². The zero-order valence-electron chi connectivity index (χ0n) is 11.5. The Kier molecular flexibility index (Phi) is 4.13. The maximum Gasteiger partial charge on any atom is 0.255 e. The molecule has 1 aliphatic rings. The van der Waals surface area contributed by atoms with E-state index >= 15 is 0 Å². The first-order valence-electron chi connectivity index (χ1n) is 6.73. The molecule has 1 aliphatic heterocycles. The summed E-state index contributed by atoms with van der Waals surface area (Å²) in [5.74, 6) is -2.56. The number of carbonyl (C=O) groups excluding carboxylic acids is 1. The molecule has 0 radical (unpaired) electrons. The van der Waals surface area contributed by atoms with Crippen molar-refractivity contribution in [3.8, 4) is 0 Å². The van der Waals surface area contributed by atoms with Gasteiger partial charge in [0.15, 0.2) is 17.9 Å². The monoisotopic (exact) mass is 305 g/mol. The van der Waals surface area contributed by atoms with Gasteiger partial charge in [-0.25, -0.2) is 8.78 Å². The molecular formula is C16H13F2NO3. The first kappa shape index (κ1) is 14.6. The van der Waals surface area contributed by atoms with Crippen molar-refractivity contribution in [2.24, 2.45) is 0 Å². The molecule has 1 amide bonds. The normalized spacial score (nSPS) is 15.0. The summed E-state index contributed by atoms with van der Waals surface area (Å²) in [4.78, 5) is 12.0. The zero-order chi connectivity index (χ0) is 15.5. The number of benzene rings is 2. The van der Waals surface area contributed by atoms with Crippen molar-refractivity contribution in [2.75, 3.05) is 18.5 Å². The lowest BCUT2D eigenvalue weighted by Crippen LogP contribution is -2.12. The highest BCUT2D eigenvalue weighted by Crippen LogP contribution is 2.24. The molecule has 0 atom stereocenters. The van der Waals surface area contributed by atoms with E-state index < -0.39 is 17.5 Å². The fourth-order valence-corrected chi connectivity index (χ4v) is 2.12. The van der Waals surface area contributed by atoms with Gasteiger partial charge in [0.05, 0.1) is 13.2 Å². The largest absolute Gasteiger partial charge is 0.346 e. The summed E-state index contributed by atoms with van der Waals surface area (Å²) in [5, 5.41) is 2.61. The quantitative estimate of drug-likeness (QED) is 0.947. The van der Waals surface area contributed by atoms with Crippen LogP contribution in [0.2, 0.25) is 0 Å². The Balaban J connectivity index is 1.69. The van der Waals surface area contributed by atoms with Crippen LogP contribution in [0.1, 0.15) is 22.2 Å². The van der Waals surface area contributed by atoms with Crippen LogP contribution < -0.4 is 5.32 Å². The van der Waals surface area contributed by atoms with Crippen molar-refractivity contribution in [3.63, 3.8) is 0 Å². The van der Waals surface area contributed by atoms with Gasteiger partial charge in [-0.2, -0.15) is 0 Å². The van der Waals surface area contributed by atoms with Gasteiger partial charge in [0, 0.05) is 16.8 Å². The molecule has 3 rings (SSSR count). The van der Waals surface area contributed by atoms with Crippen LogP contribution in [0, 0.1) is 11.6 Å². The first-order valence-corrected chi connectivity index (χ1v) is 6.73. The van der Waals surface area contributed by atoms with Crippen LogP contribution in [-0.2, 0) is 9.47 Å². The lowest BCUT2D eigenvalue weighted by molar-refractivity contribution is -0.0441. The Hall–Kier alpha value is -2.31. The lowest BCUT2D eigenvalue weighted by Gasteiger charge is -2.10. The second-order valence-electron chi connectivity index (χ2n) is 4.78. The molecule has 0 aromatic heterocycles. The molecule has 6 heteroatoms. The van der Waals surface area contributed by atoms with E-state index in [1.807, 2.05) is 0 Å². The number of hydrogen-bond acceptors (Lipinski definition) is 3. The number of amides is 1. The SMILES string of the molecule is O=C(Nc1ccc(C2OCCO2)cc1)c1ccc(F)c(F)c1. The van der Waals surface area contributed by atoms with E-state index in [1.165, 1.54) is 6.07 Å². The van der Waals surface area contributed by atoms with Crippen LogP contribution in [0.15, 0.2) is 42.5 Å². The number of nitrogens with one attached hydrogen (secondary N) is 1. The Morgan fingerprint density at radius 1 is 1.00 bits per heavy atom. The molecule has 1 heterocycles. The van der Waals surface area contributed by atoms with E-state index in [-0.39, 0.29) is 11.9 Å². The molecule has 114 valence electrons. The smallest absolute Gasteiger partial charge is 0.255 e.